The van der Waals surface area contributed by atoms with Crippen molar-refractivity contribution in [3.05, 3.63) is 59.9 Å². The Morgan fingerprint density at radius 1 is 1.19 bits per heavy atom. The van der Waals surface area contributed by atoms with Crippen molar-refractivity contribution < 1.29 is 22.0 Å². The molecule has 1 atom stereocenters. The number of pyridine rings is 1. The van der Waals surface area contributed by atoms with Crippen LogP contribution in [0, 0.1) is 11.6 Å². The molecule has 2 aromatic rings. The molecular weight excluding hydrogens is 364 g/mol. The normalized spacial score (nSPS) is 17.5. The van der Waals surface area contributed by atoms with E-state index < -0.39 is 26.6 Å². The van der Waals surface area contributed by atoms with Gasteiger partial charge in [-0.15, -0.1) is 0 Å². The maximum atomic E-state index is 14.1. The number of nitrogens with zero attached hydrogens (tertiary/aromatic N) is 2. The highest BCUT2D eigenvalue weighted by atomic mass is 32.2. The molecule has 1 amide bonds. The Balaban J connectivity index is 1.93. The summed E-state index contributed by atoms with van der Waals surface area (Å²) in [5.41, 5.74) is 0.662. The largest absolute Gasteiger partial charge is 0.352 e. The molecule has 1 aliphatic rings. The van der Waals surface area contributed by atoms with Crippen molar-refractivity contribution in [2.24, 2.45) is 0 Å². The molecule has 1 N–H and O–H groups in total. The van der Waals surface area contributed by atoms with E-state index in [2.05, 4.69) is 10.3 Å². The standard InChI is InChI=1S/C17H17F2N3O3S/c18-13-1-3-16(15(19)9-13)26(24,25)22(10-12-5-7-20-8-6-12)11-14-2-4-17(23)21-14/h1,3,5-9,14H,2,4,10-11H2,(H,21,23)/t14-/m0/s1. The Labute approximate surface area is 149 Å². The van der Waals surface area contributed by atoms with E-state index in [1.807, 2.05) is 0 Å². The van der Waals surface area contributed by atoms with Crippen molar-refractivity contribution in [2.75, 3.05) is 6.54 Å². The second-order valence-electron chi connectivity index (χ2n) is 6.03. The topological polar surface area (TPSA) is 79.4 Å². The second-order valence-corrected chi connectivity index (χ2v) is 7.94. The molecule has 1 aromatic heterocycles. The molecule has 26 heavy (non-hydrogen) atoms. The van der Waals surface area contributed by atoms with Crippen LogP contribution in [0.25, 0.3) is 0 Å². The van der Waals surface area contributed by atoms with E-state index in [4.69, 9.17) is 0 Å². The van der Waals surface area contributed by atoms with Crippen LogP contribution in [-0.2, 0) is 21.4 Å². The first-order valence-corrected chi connectivity index (χ1v) is 9.44. The summed E-state index contributed by atoms with van der Waals surface area (Å²) in [6.07, 6.45) is 3.86. The zero-order valence-electron chi connectivity index (χ0n) is 13.7. The number of sulfonamides is 1. The zero-order valence-corrected chi connectivity index (χ0v) is 14.5. The Morgan fingerprint density at radius 3 is 2.54 bits per heavy atom. The second kappa shape index (κ2) is 7.46. The van der Waals surface area contributed by atoms with Crippen LogP contribution >= 0.6 is 0 Å². The smallest absolute Gasteiger partial charge is 0.246 e. The van der Waals surface area contributed by atoms with Gasteiger partial charge in [-0.3, -0.25) is 9.78 Å². The van der Waals surface area contributed by atoms with E-state index >= 15 is 0 Å². The van der Waals surface area contributed by atoms with Crippen LogP contribution in [0.4, 0.5) is 8.78 Å². The quantitative estimate of drug-likeness (QED) is 0.828. The van der Waals surface area contributed by atoms with Crippen molar-refractivity contribution in [2.45, 2.75) is 30.3 Å². The number of rotatable bonds is 6. The Morgan fingerprint density at radius 2 is 1.92 bits per heavy atom. The highest BCUT2D eigenvalue weighted by Gasteiger charge is 2.32. The molecular formula is C17H17F2N3O3S. The molecule has 9 heteroatoms. The van der Waals surface area contributed by atoms with Gasteiger partial charge in [-0.05, 0) is 36.2 Å². The van der Waals surface area contributed by atoms with Crippen molar-refractivity contribution >= 4 is 15.9 Å². The van der Waals surface area contributed by atoms with Gasteiger partial charge in [0.1, 0.15) is 16.5 Å². The molecule has 2 heterocycles. The van der Waals surface area contributed by atoms with Gasteiger partial charge in [0.2, 0.25) is 15.9 Å². The lowest BCUT2D eigenvalue weighted by Gasteiger charge is -2.25. The molecule has 0 spiro atoms. The number of benzene rings is 1. The maximum Gasteiger partial charge on any atom is 0.246 e. The summed E-state index contributed by atoms with van der Waals surface area (Å²) in [6, 6.07) is 5.29. The van der Waals surface area contributed by atoms with Crippen molar-refractivity contribution in [3.8, 4) is 0 Å². The number of aromatic nitrogens is 1. The molecule has 138 valence electrons. The summed E-state index contributed by atoms with van der Waals surface area (Å²) >= 11 is 0. The van der Waals surface area contributed by atoms with Crippen LogP contribution in [0.5, 0.6) is 0 Å². The fraction of sp³-hybridized carbons (Fsp3) is 0.294. The predicted molar refractivity (Wildman–Crippen MR) is 89.4 cm³/mol. The van der Waals surface area contributed by atoms with Crippen molar-refractivity contribution in [1.29, 1.82) is 0 Å². The van der Waals surface area contributed by atoms with Gasteiger partial charge in [-0.1, -0.05) is 0 Å². The molecule has 6 nitrogen and oxygen atoms in total. The minimum atomic E-state index is -4.23. The number of amides is 1. The van der Waals surface area contributed by atoms with Gasteiger partial charge in [-0.2, -0.15) is 4.31 Å². The summed E-state index contributed by atoms with van der Waals surface area (Å²) in [5.74, 6) is -2.16. The lowest BCUT2D eigenvalue weighted by molar-refractivity contribution is -0.119. The first-order valence-electron chi connectivity index (χ1n) is 8.00. The lowest BCUT2D eigenvalue weighted by Crippen LogP contribution is -2.41. The predicted octanol–water partition coefficient (Wildman–Crippen LogP) is 1.83. The van der Waals surface area contributed by atoms with Crippen LogP contribution in [0.15, 0.2) is 47.6 Å². The first-order chi connectivity index (χ1) is 12.4. The van der Waals surface area contributed by atoms with Crippen molar-refractivity contribution in [3.63, 3.8) is 0 Å². The number of halogens is 2. The number of hydrogen-bond acceptors (Lipinski definition) is 4. The molecule has 1 aliphatic heterocycles. The highest BCUT2D eigenvalue weighted by Crippen LogP contribution is 2.23. The lowest BCUT2D eigenvalue weighted by atomic mass is 10.2. The molecule has 1 aromatic carbocycles. The molecule has 3 rings (SSSR count). The van der Waals surface area contributed by atoms with E-state index in [9.17, 15) is 22.0 Å². The highest BCUT2D eigenvalue weighted by molar-refractivity contribution is 7.89. The summed E-state index contributed by atoms with van der Waals surface area (Å²) in [7, 11) is -4.23. The SMILES string of the molecule is O=C1CC[C@@H](CN(Cc2ccncc2)S(=O)(=O)c2ccc(F)cc2F)N1. The summed E-state index contributed by atoms with van der Waals surface area (Å²) in [6.45, 7) is -0.0265. The van der Waals surface area contributed by atoms with Crippen LogP contribution in [-0.4, -0.2) is 36.2 Å². The fourth-order valence-corrected chi connectivity index (χ4v) is 4.34. The van der Waals surface area contributed by atoms with Crippen LogP contribution in [0.2, 0.25) is 0 Å². The number of carbonyl (C=O) groups is 1. The van der Waals surface area contributed by atoms with Gasteiger partial charge in [0.15, 0.2) is 0 Å². The molecule has 1 saturated heterocycles. The Hall–Kier alpha value is -2.39. The number of carbonyl (C=O) groups excluding carboxylic acids is 1. The van der Waals surface area contributed by atoms with Crippen molar-refractivity contribution in [1.82, 2.24) is 14.6 Å². The van der Waals surface area contributed by atoms with E-state index in [0.29, 0.717) is 24.5 Å². The average molecular weight is 381 g/mol. The molecule has 0 aliphatic carbocycles. The number of nitrogens with one attached hydrogen (secondary N) is 1. The molecule has 0 radical (unpaired) electrons. The third-order valence-electron chi connectivity index (χ3n) is 4.13. The third-order valence-corrected chi connectivity index (χ3v) is 5.97. The Bertz CT molecular complexity index is 907. The van der Waals surface area contributed by atoms with Crippen LogP contribution < -0.4 is 5.32 Å². The average Bonchev–Trinajstić information content (AvgIpc) is 3.00. The monoisotopic (exact) mass is 381 g/mol. The van der Waals surface area contributed by atoms with Gasteiger partial charge in [-0.25, -0.2) is 17.2 Å². The van der Waals surface area contributed by atoms with E-state index in [0.717, 1.165) is 16.4 Å². The molecule has 0 bridgehead atoms. The Kier molecular flexibility index (Phi) is 5.28. The minimum Gasteiger partial charge on any atom is -0.352 e. The minimum absolute atomic E-state index is 0.00673. The summed E-state index contributed by atoms with van der Waals surface area (Å²) in [4.78, 5) is 14.7. The number of hydrogen-bond donors (Lipinski definition) is 1. The van der Waals surface area contributed by atoms with E-state index in [1.165, 1.54) is 12.4 Å². The van der Waals surface area contributed by atoms with Crippen LogP contribution in [0.3, 0.4) is 0 Å². The summed E-state index contributed by atoms with van der Waals surface area (Å²) < 4.78 is 54.3. The maximum absolute atomic E-state index is 14.1. The zero-order chi connectivity index (χ0) is 18.7. The first kappa shape index (κ1) is 18.4. The van der Waals surface area contributed by atoms with E-state index in [-0.39, 0.29) is 25.0 Å². The molecule has 0 saturated carbocycles. The third kappa shape index (κ3) is 4.05. The summed E-state index contributed by atoms with van der Waals surface area (Å²) in [5, 5.41) is 2.71. The van der Waals surface area contributed by atoms with Gasteiger partial charge < -0.3 is 5.32 Å². The van der Waals surface area contributed by atoms with E-state index in [1.54, 1.807) is 12.1 Å². The van der Waals surface area contributed by atoms with Gasteiger partial charge >= 0.3 is 0 Å². The van der Waals surface area contributed by atoms with Gasteiger partial charge in [0, 0.05) is 44.0 Å². The van der Waals surface area contributed by atoms with Crippen LogP contribution in [0.1, 0.15) is 18.4 Å². The molecule has 0 unspecified atom stereocenters. The van der Waals surface area contributed by atoms with Gasteiger partial charge in [0.25, 0.3) is 0 Å². The van der Waals surface area contributed by atoms with Gasteiger partial charge in [0.05, 0.1) is 0 Å². The fourth-order valence-electron chi connectivity index (χ4n) is 2.82. The molecule has 1 fully saturated rings.